The maximum Gasteiger partial charge on any atom is 0.245 e. The molecule has 90 valence electrons. The van der Waals surface area contributed by atoms with Gasteiger partial charge in [0.25, 0.3) is 0 Å². The Morgan fingerprint density at radius 3 is 2.59 bits per heavy atom. The maximum absolute atomic E-state index is 12.0. The van der Waals surface area contributed by atoms with E-state index >= 15 is 0 Å². The summed E-state index contributed by atoms with van der Waals surface area (Å²) >= 11 is 0. The summed E-state index contributed by atoms with van der Waals surface area (Å²) in [5.41, 5.74) is 6.95. The topological polar surface area (TPSA) is 80.5 Å². The van der Waals surface area contributed by atoms with Gasteiger partial charge in [-0.15, -0.1) is 0 Å². The molecule has 2 aliphatic rings. The highest BCUT2D eigenvalue weighted by Gasteiger charge is 2.55. The van der Waals surface area contributed by atoms with Crippen LogP contribution in [0.15, 0.2) is 24.3 Å². The third-order valence-electron chi connectivity index (χ3n) is 3.42. The van der Waals surface area contributed by atoms with Crippen molar-refractivity contribution in [1.29, 1.82) is 0 Å². The number of amides is 1. The lowest BCUT2D eigenvalue weighted by Gasteiger charge is -2.27. The van der Waals surface area contributed by atoms with Gasteiger partial charge < -0.3 is 10.6 Å². The number of nitrogens with zero attached hydrogens (tertiary/aromatic N) is 1. The molecule has 6 heteroatoms. The van der Waals surface area contributed by atoms with Crippen LogP contribution in [0.25, 0.3) is 0 Å². The summed E-state index contributed by atoms with van der Waals surface area (Å²) in [7, 11) is -3.22. The lowest BCUT2D eigenvalue weighted by atomic mass is 10.2. The van der Waals surface area contributed by atoms with E-state index in [0.717, 1.165) is 0 Å². The van der Waals surface area contributed by atoms with Crippen molar-refractivity contribution in [3.8, 4) is 0 Å². The molecule has 17 heavy (non-hydrogen) atoms. The number of rotatable bonds is 1. The van der Waals surface area contributed by atoms with E-state index in [-0.39, 0.29) is 17.7 Å². The average molecular weight is 252 g/mol. The molecule has 1 amide bonds. The predicted octanol–water partition coefficient (Wildman–Crippen LogP) is 0.171. The highest BCUT2D eigenvalue weighted by molar-refractivity contribution is 7.93. The molecular weight excluding hydrogens is 240 g/mol. The molecule has 2 unspecified atom stereocenters. The number of fused-ring (bicyclic) bond motifs is 2. The largest absolute Gasteiger partial charge is 0.397 e. The van der Waals surface area contributed by atoms with Crippen LogP contribution in [0.5, 0.6) is 0 Å². The van der Waals surface area contributed by atoms with Crippen molar-refractivity contribution in [3.63, 3.8) is 0 Å². The first kappa shape index (κ1) is 10.6. The van der Waals surface area contributed by atoms with Crippen LogP contribution in [-0.2, 0) is 14.6 Å². The minimum atomic E-state index is -3.22. The molecule has 2 atom stereocenters. The van der Waals surface area contributed by atoms with Crippen molar-refractivity contribution < 1.29 is 13.2 Å². The van der Waals surface area contributed by atoms with Gasteiger partial charge in [-0.1, -0.05) is 12.1 Å². The molecule has 0 spiro atoms. The van der Waals surface area contributed by atoms with Crippen LogP contribution in [-0.4, -0.2) is 31.4 Å². The van der Waals surface area contributed by atoms with Gasteiger partial charge in [0, 0.05) is 0 Å². The number of nitrogen functional groups attached to an aromatic ring is 1. The summed E-state index contributed by atoms with van der Waals surface area (Å²) in [6.07, 6.45) is 0.398. The molecule has 0 saturated carbocycles. The second-order valence-electron chi connectivity index (χ2n) is 4.47. The zero-order valence-corrected chi connectivity index (χ0v) is 9.85. The zero-order valence-electron chi connectivity index (χ0n) is 9.04. The van der Waals surface area contributed by atoms with Gasteiger partial charge in [-0.05, 0) is 18.6 Å². The molecule has 1 aromatic rings. The SMILES string of the molecule is Nc1ccccc1N1C(=O)C2CC1CS2(=O)=O. The molecule has 2 aliphatic heterocycles. The monoisotopic (exact) mass is 252 g/mol. The molecular formula is C11H12N2O3S. The molecule has 1 aromatic carbocycles. The molecule has 0 radical (unpaired) electrons. The van der Waals surface area contributed by atoms with Gasteiger partial charge in [-0.25, -0.2) is 8.42 Å². The van der Waals surface area contributed by atoms with Crippen molar-refractivity contribution in [1.82, 2.24) is 0 Å². The van der Waals surface area contributed by atoms with E-state index in [9.17, 15) is 13.2 Å². The Labute approximate surface area is 99.1 Å². The lowest BCUT2D eigenvalue weighted by Crippen LogP contribution is -2.45. The number of sulfone groups is 1. The summed E-state index contributed by atoms with van der Waals surface area (Å²) < 4.78 is 23.2. The number of anilines is 2. The Morgan fingerprint density at radius 2 is 2.00 bits per heavy atom. The van der Waals surface area contributed by atoms with Crippen molar-refractivity contribution >= 4 is 27.1 Å². The number of benzene rings is 1. The quantitative estimate of drug-likeness (QED) is 0.722. The van der Waals surface area contributed by atoms with Crippen LogP contribution in [0.2, 0.25) is 0 Å². The second-order valence-corrected chi connectivity index (χ2v) is 6.70. The van der Waals surface area contributed by atoms with Crippen LogP contribution in [0.3, 0.4) is 0 Å². The van der Waals surface area contributed by atoms with Gasteiger partial charge in [-0.2, -0.15) is 0 Å². The minimum Gasteiger partial charge on any atom is -0.397 e. The normalized spacial score (nSPS) is 29.9. The third kappa shape index (κ3) is 1.37. The number of hydrogen-bond donors (Lipinski definition) is 1. The fraction of sp³-hybridized carbons (Fsp3) is 0.364. The Balaban J connectivity index is 2.05. The first-order valence-electron chi connectivity index (χ1n) is 5.40. The van der Waals surface area contributed by atoms with Crippen LogP contribution in [0, 0.1) is 0 Å². The summed E-state index contributed by atoms with van der Waals surface area (Å²) in [5, 5.41) is -0.855. The first-order valence-corrected chi connectivity index (χ1v) is 7.11. The second kappa shape index (κ2) is 3.22. The number of carbonyl (C=O) groups excluding carboxylic acids is 1. The predicted molar refractivity (Wildman–Crippen MR) is 64.3 cm³/mol. The van der Waals surface area contributed by atoms with Crippen LogP contribution in [0.1, 0.15) is 6.42 Å². The van der Waals surface area contributed by atoms with E-state index in [1.54, 1.807) is 29.2 Å². The zero-order chi connectivity index (χ0) is 12.2. The van der Waals surface area contributed by atoms with Crippen molar-refractivity contribution in [2.24, 2.45) is 0 Å². The van der Waals surface area contributed by atoms with E-state index in [2.05, 4.69) is 0 Å². The molecule has 0 aromatic heterocycles. The summed E-state index contributed by atoms with van der Waals surface area (Å²) in [6.45, 7) is 0. The highest BCUT2D eigenvalue weighted by Crippen LogP contribution is 2.39. The van der Waals surface area contributed by atoms with Gasteiger partial charge in [0.2, 0.25) is 5.91 Å². The average Bonchev–Trinajstić information content (AvgIpc) is 2.72. The van der Waals surface area contributed by atoms with Crippen molar-refractivity contribution in [3.05, 3.63) is 24.3 Å². The highest BCUT2D eigenvalue weighted by atomic mass is 32.2. The third-order valence-corrected chi connectivity index (χ3v) is 5.53. The fourth-order valence-corrected chi connectivity index (χ4v) is 4.63. The Morgan fingerprint density at radius 1 is 1.29 bits per heavy atom. The van der Waals surface area contributed by atoms with Crippen molar-refractivity contribution in [2.45, 2.75) is 17.7 Å². The summed E-state index contributed by atoms with van der Waals surface area (Å²) in [6, 6.07) is 6.79. The van der Waals surface area contributed by atoms with Gasteiger partial charge in [-0.3, -0.25) is 4.79 Å². The summed E-state index contributed by atoms with van der Waals surface area (Å²) in [4.78, 5) is 13.6. The van der Waals surface area contributed by atoms with Gasteiger partial charge in [0.1, 0.15) is 5.25 Å². The minimum absolute atomic E-state index is 0.0533. The number of para-hydroxylation sites is 2. The van der Waals surface area contributed by atoms with E-state index in [4.69, 9.17) is 5.73 Å². The van der Waals surface area contributed by atoms with E-state index in [0.29, 0.717) is 17.8 Å². The molecule has 2 bridgehead atoms. The van der Waals surface area contributed by atoms with Gasteiger partial charge in [0.15, 0.2) is 9.84 Å². The molecule has 0 aliphatic carbocycles. The van der Waals surface area contributed by atoms with Crippen LogP contribution >= 0.6 is 0 Å². The number of hydrogen-bond acceptors (Lipinski definition) is 4. The Kier molecular flexibility index (Phi) is 2.01. The van der Waals surface area contributed by atoms with Gasteiger partial charge >= 0.3 is 0 Å². The Hall–Kier alpha value is -1.56. The molecule has 3 rings (SSSR count). The lowest BCUT2D eigenvalue weighted by molar-refractivity contribution is -0.117. The molecule has 2 heterocycles. The van der Waals surface area contributed by atoms with Crippen molar-refractivity contribution in [2.75, 3.05) is 16.4 Å². The van der Waals surface area contributed by atoms with E-state index < -0.39 is 15.1 Å². The molecule has 5 nitrogen and oxygen atoms in total. The smallest absolute Gasteiger partial charge is 0.245 e. The maximum atomic E-state index is 12.0. The standard InChI is InChI=1S/C11H12N2O3S/c12-8-3-1-2-4-9(8)13-7-5-10(11(13)14)17(15,16)6-7/h1-4,7,10H,5-6,12H2. The number of carbonyl (C=O) groups is 1. The molecule has 2 N–H and O–H groups in total. The number of nitrogens with two attached hydrogens (primary N) is 1. The van der Waals surface area contributed by atoms with Crippen LogP contribution < -0.4 is 10.6 Å². The molecule has 2 fully saturated rings. The fourth-order valence-electron chi connectivity index (χ4n) is 2.64. The molecule has 2 saturated heterocycles. The van der Waals surface area contributed by atoms with Crippen LogP contribution in [0.4, 0.5) is 11.4 Å². The Bertz CT molecular complexity index is 596. The summed E-state index contributed by atoms with van der Waals surface area (Å²) in [5.74, 6) is -0.281. The van der Waals surface area contributed by atoms with E-state index in [1.807, 2.05) is 0 Å². The van der Waals surface area contributed by atoms with Gasteiger partial charge in [0.05, 0.1) is 23.2 Å². The first-order chi connectivity index (χ1) is 8.00. The van der Waals surface area contributed by atoms with E-state index in [1.165, 1.54) is 0 Å².